The maximum Gasteiger partial charge on any atom is 0.278 e. The third-order valence-corrected chi connectivity index (χ3v) is 2.09. The summed E-state index contributed by atoms with van der Waals surface area (Å²) in [6.45, 7) is 1.78. The first-order valence-electron chi connectivity index (χ1n) is 4.71. The molecule has 0 bridgehead atoms. The molecule has 0 saturated carbocycles. The largest absolute Gasteiger partial charge is 0.470 e. The topological polar surface area (TPSA) is 48.1 Å². The van der Waals surface area contributed by atoms with Gasteiger partial charge in [0, 0.05) is 19.2 Å². The maximum absolute atomic E-state index is 12.5. The fourth-order valence-electron chi connectivity index (χ4n) is 0.990. The van der Waals surface area contributed by atoms with E-state index in [1.807, 2.05) is 0 Å². The summed E-state index contributed by atoms with van der Waals surface area (Å²) >= 11 is 5.81. The van der Waals surface area contributed by atoms with E-state index in [0.29, 0.717) is 0 Å². The summed E-state index contributed by atoms with van der Waals surface area (Å²) in [5.41, 5.74) is 6.34. The molecule has 0 fully saturated rings. The number of nitrogens with zero attached hydrogens (tertiary/aromatic N) is 1. The van der Waals surface area contributed by atoms with E-state index < -0.39 is 12.5 Å². The van der Waals surface area contributed by atoms with E-state index in [-0.39, 0.29) is 29.4 Å². The lowest BCUT2D eigenvalue weighted by Crippen LogP contribution is -2.21. The number of pyridine rings is 1. The number of hydrogen-bond donors (Lipinski definition) is 1. The Kier molecular flexibility index (Phi) is 6.09. The third-order valence-electron chi connectivity index (χ3n) is 1.82. The molecule has 0 amide bonds. The van der Waals surface area contributed by atoms with Crippen LogP contribution < -0.4 is 10.5 Å². The molecule has 17 heavy (non-hydrogen) atoms. The molecule has 0 aromatic carbocycles. The van der Waals surface area contributed by atoms with Gasteiger partial charge in [0.25, 0.3) is 5.92 Å². The molecule has 7 heteroatoms. The van der Waals surface area contributed by atoms with Crippen LogP contribution in [0.4, 0.5) is 8.78 Å². The van der Waals surface area contributed by atoms with Gasteiger partial charge in [-0.1, -0.05) is 11.6 Å². The van der Waals surface area contributed by atoms with Gasteiger partial charge < -0.3 is 10.5 Å². The zero-order valence-corrected chi connectivity index (χ0v) is 11.0. The molecule has 0 spiro atoms. The zero-order valence-electron chi connectivity index (χ0n) is 9.41. The average Bonchev–Trinajstić information content (AvgIpc) is 2.14. The molecule has 0 aliphatic carbocycles. The lowest BCUT2D eigenvalue weighted by molar-refractivity contribution is -0.0242. The van der Waals surface area contributed by atoms with Crippen molar-refractivity contribution in [1.82, 2.24) is 4.98 Å². The van der Waals surface area contributed by atoms with Gasteiger partial charge in [0.15, 0.2) is 6.61 Å². The molecule has 3 nitrogen and oxygen atoms in total. The molecular weight excluding hydrogens is 273 g/mol. The van der Waals surface area contributed by atoms with Crippen molar-refractivity contribution >= 4 is 24.0 Å². The van der Waals surface area contributed by atoms with Crippen molar-refractivity contribution in [2.75, 3.05) is 6.61 Å². The van der Waals surface area contributed by atoms with Gasteiger partial charge >= 0.3 is 0 Å². The molecule has 1 rings (SSSR count). The van der Waals surface area contributed by atoms with Crippen molar-refractivity contribution < 1.29 is 13.5 Å². The number of nitrogens with two attached hydrogens (primary N) is 1. The van der Waals surface area contributed by atoms with Gasteiger partial charge in [0.1, 0.15) is 5.02 Å². The van der Waals surface area contributed by atoms with Crippen LogP contribution in [0.1, 0.15) is 25.5 Å². The molecule has 0 aliphatic heterocycles. The first kappa shape index (κ1) is 16.4. The average molecular weight is 287 g/mol. The summed E-state index contributed by atoms with van der Waals surface area (Å²) in [6.07, 6.45) is 1.46. The van der Waals surface area contributed by atoms with Crippen LogP contribution in [0.25, 0.3) is 0 Å². The van der Waals surface area contributed by atoms with Crippen LogP contribution in [0.3, 0.4) is 0 Å². The Morgan fingerprint density at radius 3 is 2.59 bits per heavy atom. The molecule has 1 heterocycles. The second-order valence-corrected chi connectivity index (χ2v) is 4.11. The van der Waals surface area contributed by atoms with Crippen LogP contribution in [0.2, 0.25) is 5.02 Å². The van der Waals surface area contributed by atoms with Crippen molar-refractivity contribution in [1.29, 1.82) is 0 Å². The van der Waals surface area contributed by atoms with Crippen LogP contribution in [-0.2, 0) is 0 Å². The number of rotatable bonds is 4. The lowest BCUT2D eigenvalue weighted by Gasteiger charge is -2.13. The molecule has 0 radical (unpaired) electrons. The molecule has 98 valence electrons. The van der Waals surface area contributed by atoms with Crippen molar-refractivity contribution in [3.63, 3.8) is 0 Å². The summed E-state index contributed by atoms with van der Waals surface area (Å²) in [5.74, 6) is -2.92. The third kappa shape index (κ3) is 5.48. The standard InChI is InChI=1S/C10H13ClF2N2O.ClH/c1-6(14)7-3-8(11)9(15-4-7)16-5-10(2,12)13;/h3-4,6H,5,14H2,1-2H3;1H. The van der Waals surface area contributed by atoms with Crippen LogP contribution in [0, 0.1) is 0 Å². The van der Waals surface area contributed by atoms with E-state index in [0.717, 1.165) is 12.5 Å². The van der Waals surface area contributed by atoms with Crippen molar-refractivity contribution in [3.05, 3.63) is 22.8 Å². The molecule has 1 aromatic heterocycles. The smallest absolute Gasteiger partial charge is 0.278 e. The Bertz CT molecular complexity index is 370. The minimum absolute atomic E-state index is 0. The van der Waals surface area contributed by atoms with Crippen LogP contribution in [-0.4, -0.2) is 17.5 Å². The maximum atomic E-state index is 12.5. The summed E-state index contributed by atoms with van der Waals surface area (Å²) in [7, 11) is 0. The van der Waals surface area contributed by atoms with Gasteiger partial charge in [-0.15, -0.1) is 12.4 Å². The molecule has 0 saturated heterocycles. The zero-order chi connectivity index (χ0) is 12.3. The Labute approximate surface area is 110 Å². The Balaban J connectivity index is 0.00000256. The second kappa shape index (κ2) is 6.33. The molecule has 1 atom stereocenters. The Morgan fingerprint density at radius 1 is 1.59 bits per heavy atom. The van der Waals surface area contributed by atoms with E-state index in [9.17, 15) is 8.78 Å². The van der Waals surface area contributed by atoms with Gasteiger partial charge in [0.05, 0.1) is 0 Å². The van der Waals surface area contributed by atoms with Crippen molar-refractivity contribution in [3.8, 4) is 5.88 Å². The minimum Gasteiger partial charge on any atom is -0.470 e. The van der Waals surface area contributed by atoms with E-state index in [4.69, 9.17) is 22.1 Å². The number of alkyl halides is 2. The quantitative estimate of drug-likeness (QED) is 0.925. The number of aromatic nitrogens is 1. The second-order valence-electron chi connectivity index (χ2n) is 3.70. The van der Waals surface area contributed by atoms with E-state index in [1.54, 1.807) is 13.0 Å². The summed E-state index contributed by atoms with van der Waals surface area (Å²) in [5, 5.41) is 0.180. The number of hydrogen-bond acceptors (Lipinski definition) is 3. The molecule has 2 N–H and O–H groups in total. The normalized spacial score (nSPS) is 12.8. The highest BCUT2D eigenvalue weighted by Gasteiger charge is 2.23. The molecule has 1 aromatic rings. The Hall–Kier alpha value is -0.650. The fourth-order valence-corrected chi connectivity index (χ4v) is 1.22. The van der Waals surface area contributed by atoms with Gasteiger partial charge in [-0.25, -0.2) is 13.8 Å². The van der Waals surface area contributed by atoms with Gasteiger partial charge in [-0.2, -0.15) is 0 Å². The number of halogens is 4. The summed E-state index contributed by atoms with van der Waals surface area (Å²) in [4.78, 5) is 3.84. The SMILES string of the molecule is CC(N)c1cnc(OCC(C)(F)F)c(Cl)c1.Cl. The first-order valence-corrected chi connectivity index (χ1v) is 5.09. The molecule has 0 aliphatic rings. The van der Waals surface area contributed by atoms with E-state index in [1.165, 1.54) is 6.20 Å². The van der Waals surface area contributed by atoms with Crippen molar-refractivity contribution in [2.24, 2.45) is 5.73 Å². The Morgan fingerprint density at radius 2 is 2.18 bits per heavy atom. The fraction of sp³-hybridized carbons (Fsp3) is 0.500. The van der Waals surface area contributed by atoms with Gasteiger partial charge in [0.2, 0.25) is 5.88 Å². The summed E-state index contributed by atoms with van der Waals surface area (Å²) < 4.78 is 29.9. The summed E-state index contributed by atoms with van der Waals surface area (Å²) in [6, 6.07) is 1.34. The highest BCUT2D eigenvalue weighted by atomic mass is 35.5. The monoisotopic (exact) mass is 286 g/mol. The predicted molar refractivity (Wildman–Crippen MR) is 65.2 cm³/mol. The molecule has 1 unspecified atom stereocenters. The van der Waals surface area contributed by atoms with Crippen LogP contribution in [0.5, 0.6) is 5.88 Å². The first-order chi connectivity index (χ1) is 7.29. The minimum atomic E-state index is -2.91. The number of ether oxygens (including phenoxy) is 1. The highest BCUT2D eigenvalue weighted by Crippen LogP contribution is 2.25. The van der Waals surface area contributed by atoms with Gasteiger partial charge in [-0.05, 0) is 18.6 Å². The lowest BCUT2D eigenvalue weighted by atomic mass is 10.2. The van der Waals surface area contributed by atoms with Crippen molar-refractivity contribution in [2.45, 2.75) is 25.8 Å². The predicted octanol–water partition coefficient (Wildman–Crippen LogP) is 3.21. The van der Waals surface area contributed by atoms with Crippen LogP contribution in [0.15, 0.2) is 12.3 Å². The van der Waals surface area contributed by atoms with Crippen LogP contribution >= 0.6 is 24.0 Å². The highest BCUT2D eigenvalue weighted by molar-refractivity contribution is 6.31. The van der Waals surface area contributed by atoms with E-state index in [2.05, 4.69) is 4.98 Å². The van der Waals surface area contributed by atoms with Gasteiger partial charge in [-0.3, -0.25) is 0 Å². The molecular formula is C10H14Cl2F2N2O. The van der Waals surface area contributed by atoms with E-state index >= 15 is 0 Å².